The van der Waals surface area contributed by atoms with E-state index in [1.165, 1.54) is 4.90 Å². The van der Waals surface area contributed by atoms with E-state index in [0.29, 0.717) is 26.2 Å². The van der Waals surface area contributed by atoms with Crippen molar-refractivity contribution >= 4 is 12.0 Å². The predicted molar refractivity (Wildman–Crippen MR) is 67.7 cm³/mol. The number of methoxy groups -OCH3 is 1. The third-order valence-electron chi connectivity index (χ3n) is 2.44. The van der Waals surface area contributed by atoms with Gasteiger partial charge in [0.1, 0.15) is 6.54 Å². The summed E-state index contributed by atoms with van der Waals surface area (Å²) in [6.07, 6.45) is 0. The predicted octanol–water partition coefficient (Wildman–Crippen LogP) is -0.319. The molecule has 0 saturated heterocycles. The number of carbonyl (C=O) groups is 2. The zero-order valence-electron chi connectivity index (χ0n) is 11.3. The number of ether oxygens (including phenoxy) is 1. The lowest BCUT2D eigenvalue weighted by Crippen LogP contribution is -2.44. The lowest BCUT2D eigenvalue weighted by Gasteiger charge is -2.21. The lowest BCUT2D eigenvalue weighted by molar-refractivity contribution is -0.137. The van der Waals surface area contributed by atoms with Crippen molar-refractivity contribution in [2.75, 3.05) is 53.5 Å². The van der Waals surface area contributed by atoms with Gasteiger partial charge in [0, 0.05) is 33.3 Å². The van der Waals surface area contributed by atoms with Gasteiger partial charge in [-0.05, 0) is 14.0 Å². The number of carbonyl (C=O) groups excluding carboxylic acids is 1. The molecule has 0 fully saturated rings. The summed E-state index contributed by atoms with van der Waals surface area (Å²) in [5, 5.41) is 11.3. The molecule has 0 atom stereocenters. The second-order valence-corrected chi connectivity index (χ2v) is 3.94. The van der Waals surface area contributed by atoms with Gasteiger partial charge < -0.3 is 25.0 Å². The van der Waals surface area contributed by atoms with Crippen LogP contribution in [0.5, 0.6) is 0 Å². The smallest absolute Gasteiger partial charge is 0.323 e. The highest BCUT2D eigenvalue weighted by molar-refractivity contribution is 5.79. The Morgan fingerprint density at radius 2 is 2.00 bits per heavy atom. The lowest BCUT2D eigenvalue weighted by atomic mass is 10.5. The maximum Gasteiger partial charge on any atom is 0.323 e. The van der Waals surface area contributed by atoms with Crippen LogP contribution < -0.4 is 5.32 Å². The van der Waals surface area contributed by atoms with Crippen LogP contribution in [0.2, 0.25) is 0 Å². The highest BCUT2D eigenvalue weighted by Gasteiger charge is 2.13. The van der Waals surface area contributed by atoms with E-state index in [-0.39, 0.29) is 12.6 Å². The summed E-state index contributed by atoms with van der Waals surface area (Å²) in [6.45, 7) is 4.45. The third-order valence-corrected chi connectivity index (χ3v) is 2.44. The van der Waals surface area contributed by atoms with Crippen molar-refractivity contribution in [2.45, 2.75) is 6.92 Å². The number of nitrogens with one attached hydrogen (secondary N) is 1. The maximum absolute atomic E-state index is 11.6. The van der Waals surface area contributed by atoms with Crippen molar-refractivity contribution < 1.29 is 19.4 Å². The van der Waals surface area contributed by atoms with E-state index >= 15 is 0 Å². The van der Waals surface area contributed by atoms with Crippen molar-refractivity contribution in [1.82, 2.24) is 15.1 Å². The van der Waals surface area contributed by atoms with Gasteiger partial charge in [-0.2, -0.15) is 0 Å². The number of carboxylic acids is 1. The first-order valence-corrected chi connectivity index (χ1v) is 5.93. The highest BCUT2D eigenvalue weighted by atomic mass is 16.5. The Bertz CT molecular complexity index is 261. The number of hydrogen-bond donors (Lipinski definition) is 2. The van der Waals surface area contributed by atoms with Gasteiger partial charge in [0.25, 0.3) is 0 Å². The second kappa shape index (κ2) is 9.67. The number of aliphatic carboxylic acids is 1. The molecule has 7 nitrogen and oxygen atoms in total. The van der Waals surface area contributed by atoms with Gasteiger partial charge in [-0.15, -0.1) is 0 Å². The minimum Gasteiger partial charge on any atom is -0.480 e. The fourth-order valence-corrected chi connectivity index (χ4v) is 1.31. The summed E-state index contributed by atoms with van der Waals surface area (Å²) in [6, 6.07) is -0.347. The number of hydrogen-bond acceptors (Lipinski definition) is 4. The summed E-state index contributed by atoms with van der Waals surface area (Å²) >= 11 is 0. The van der Waals surface area contributed by atoms with E-state index in [0.717, 1.165) is 6.54 Å². The fourth-order valence-electron chi connectivity index (χ4n) is 1.31. The normalized spacial score (nSPS) is 10.4. The van der Waals surface area contributed by atoms with Crippen molar-refractivity contribution in [3.63, 3.8) is 0 Å². The molecule has 0 aromatic carbocycles. The van der Waals surface area contributed by atoms with Crippen LogP contribution in [0.15, 0.2) is 0 Å². The van der Waals surface area contributed by atoms with Gasteiger partial charge in [0.2, 0.25) is 0 Å². The minimum atomic E-state index is -1.01. The first-order valence-electron chi connectivity index (χ1n) is 5.93. The van der Waals surface area contributed by atoms with E-state index in [4.69, 9.17) is 9.84 Å². The van der Waals surface area contributed by atoms with E-state index < -0.39 is 5.97 Å². The first-order chi connectivity index (χ1) is 8.51. The van der Waals surface area contributed by atoms with E-state index in [1.54, 1.807) is 14.0 Å². The molecular weight excluding hydrogens is 238 g/mol. The van der Waals surface area contributed by atoms with Gasteiger partial charge in [0.15, 0.2) is 0 Å². The van der Waals surface area contributed by atoms with E-state index in [9.17, 15) is 9.59 Å². The number of nitrogens with zero attached hydrogens (tertiary/aromatic N) is 2. The molecule has 0 saturated carbocycles. The summed E-state index contributed by atoms with van der Waals surface area (Å²) in [7, 11) is 3.57. The molecule has 0 radical (unpaired) electrons. The third kappa shape index (κ3) is 7.86. The van der Waals surface area contributed by atoms with Crippen molar-refractivity contribution in [3.05, 3.63) is 0 Å². The zero-order valence-corrected chi connectivity index (χ0v) is 11.3. The Kier molecular flexibility index (Phi) is 8.95. The fraction of sp³-hybridized carbons (Fsp3) is 0.818. The number of urea groups is 1. The molecule has 0 aromatic heterocycles. The largest absolute Gasteiger partial charge is 0.480 e. The average Bonchev–Trinajstić information content (AvgIpc) is 2.32. The molecule has 7 heteroatoms. The molecule has 18 heavy (non-hydrogen) atoms. The summed E-state index contributed by atoms with van der Waals surface area (Å²) in [5.41, 5.74) is 0. The van der Waals surface area contributed by atoms with Gasteiger partial charge in [-0.25, -0.2) is 4.79 Å². The molecule has 0 aliphatic heterocycles. The van der Waals surface area contributed by atoms with Gasteiger partial charge in [-0.1, -0.05) is 0 Å². The molecule has 0 heterocycles. The van der Waals surface area contributed by atoms with Crippen molar-refractivity contribution in [3.8, 4) is 0 Å². The average molecular weight is 261 g/mol. The quantitative estimate of drug-likeness (QED) is 0.594. The number of likely N-dealkylation sites (N-methyl/N-ethyl adjacent to an activating group) is 2. The minimum absolute atomic E-state index is 0.276. The number of carboxylic acid groups (broad SMARTS) is 1. The molecule has 0 aliphatic carbocycles. The van der Waals surface area contributed by atoms with Crippen LogP contribution in [0.1, 0.15) is 6.92 Å². The molecule has 106 valence electrons. The molecule has 2 amide bonds. The van der Waals surface area contributed by atoms with Crippen LogP contribution in [-0.2, 0) is 9.53 Å². The molecule has 0 aliphatic rings. The SMILES string of the molecule is CCN(CC(=O)O)C(=O)NCCN(C)CCOC. The van der Waals surface area contributed by atoms with E-state index in [1.807, 2.05) is 11.9 Å². The molecule has 0 unspecified atom stereocenters. The Hall–Kier alpha value is -1.34. The molecule has 0 bridgehead atoms. The number of amides is 2. The van der Waals surface area contributed by atoms with Crippen LogP contribution in [0.25, 0.3) is 0 Å². The van der Waals surface area contributed by atoms with Crippen LogP contribution >= 0.6 is 0 Å². The van der Waals surface area contributed by atoms with Crippen LogP contribution in [0.3, 0.4) is 0 Å². The Balaban J connectivity index is 3.83. The van der Waals surface area contributed by atoms with Crippen LogP contribution in [-0.4, -0.2) is 80.4 Å². The van der Waals surface area contributed by atoms with E-state index in [2.05, 4.69) is 5.32 Å². The van der Waals surface area contributed by atoms with Gasteiger partial charge in [0.05, 0.1) is 6.61 Å². The molecule has 2 N–H and O–H groups in total. The van der Waals surface area contributed by atoms with Gasteiger partial charge >= 0.3 is 12.0 Å². The zero-order chi connectivity index (χ0) is 14.0. The van der Waals surface area contributed by atoms with Crippen molar-refractivity contribution in [2.24, 2.45) is 0 Å². The molecule has 0 rings (SSSR count). The highest BCUT2D eigenvalue weighted by Crippen LogP contribution is 1.89. The molecule has 0 spiro atoms. The maximum atomic E-state index is 11.6. The Morgan fingerprint density at radius 3 is 2.50 bits per heavy atom. The monoisotopic (exact) mass is 261 g/mol. The standard InChI is InChI=1S/C11H23N3O4/c1-4-14(9-10(15)16)11(17)12-5-6-13(2)7-8-18-3/h4-9H2,1-3H3,(H,12,17)(H,15,16). The topological polar surface area (TPSA) is 82.1 Å². The Labute approximate surface area is 108 Å². The molecule has 0 aromatic rings. The van der Waals surface area contributed by atoms with Crippen molar-refractivity contribution in [1.29, 1.82) is 0 Å². The summed E-state index contributed by atoms with van der Waals surface area (Å²) in [5.74, 6) is -1.01. The number of rotatable bonds is 9. The molecular formula is C11H23N3O4. The van der Waals surface area contributed by atoms with Crippen LogP contribution in [0.4, 0.5) is 4.79 Å². The van der Waals surface area contributed by atoms with Crippen LogP contribution in [0, 0.1) is 0 Å². The Morgan fingerprint density at radius 1 is 1.33 bits per heavy atom. The second-order valence-electron chi connectivity index (χ2n) is 3.94. The first kappa shape index (κ1) is 16.7. The summed E-state index contributed by atoms with van der Waals surface area (Å²) < 4.78 is 4.94. The van der Waals surface area contributed by atoms with Gasteiger partial charge in [-0.3, -0.25) is 4.79 Å². The summed E-state index contributed by atoms with van der Waals surface area (Å²) in [4.78, 5) is 25.4.